The quantitative estimate of drug-likeness (QED) is 0.846. The molecule has 2 rings (SSSR count). The van der Waals surface area contributed by atoms with Crippen molar-refractivity contribution in [3.63, 3.8) is 0 Å². The lowest BCUT2D eigenvalue weighted by Gasteiger charge is -2.52. The molecular weight excluding hydrogens is 214 g/mol. The molecule has 90 valence electrons. The molecule has 1 N–H and O–H groups in total. The van der Waals surface area contributed by atoms with Crippen LogP contribution in [-0.4, -0.2) is 13.6 Å². The molecule has 1 aliphatic carbocycles. The summed E-state index contributed by atoms with van der Waals surface area (Å²) in [5.74, 6) is 0.878. The van der Waals surface area contributed by atoms with Crippen molar-refractivity contribution in [2.24, 2.45) is 11.3 Å². The van der Waals surface area contributed by atoms with Crippen LogP contribution in [0.25, 0.3) is 0 Å². The van der Waals surface area contributed by atoms with E-state index < -0.39 is 0 Å². The maximum atomic E-state index is 3.38. The zero-order valence-electron chi connectivity index (χ0n) is 10.8. The summed E-state index contributed by atoms with van der Waals surface area (Å²) in [7, 11) is 2.07. The highest BCUT2D eigenvalue weighted by Gasteiger charge is 2.49. The largest absolute Gasteiger partial charge is 0.319 e. The molecule has 1 heterocycles. The van der Waals surface area contributed by atoms with Crippen molar-refractivity contribution in [1.29, 1.82) is 0 Å². The molecule has 0 unspecified atom stereocenters. The standard InChI is InChI=1S/C14H23NS/c1-13(2,3)11-8-14(9-11,10-15-4)12-6-5-7-16-12/h5-7,11,15H,8-10H2,1-4H3. The smallest absolute Gasteiger partial charge is 0.0177 e. The lowest BCUT2D eigenvalue weighted by molar-refractivity contribution is 0.0482. The van der Waals surface area contributed by atoms with Gasteiger partial charge in [-0.05, 0) is 42.7 Å². The minimum atomic E-state index is 0.431. The molecule has 0 aliphatic heterocycles. The van der Waals surface area contributed by atoms with Gasteiger partial charge in [-0.25, -0.2) is 0 Å². The first kappa shape index (κ1) is 12.1. The Hall–Kier alpha value is -0.340. The molecule has 1 nitrogen and oxygen atoms in total. The van der Waals surface area contributed by atoms with Crippen molar-refractivity contribution < 1.29 is 0 Å². The van der Waals surface area contributed by atoms with Crippen molar-refractivity contribution in [1.82, 2.24) is 5.32 Å². The molecule has 0 amide bonds. The molecule has 0 aromatic carbocycles. The van der Waals surface area contributed by atoms with Crippen LogP contribution in [0.2, 0.25) is 0 Å². The third-order valence-electron chi connectivity index (χ3n) is 4.06. The second-order valence-corrected chi connectivity index (χ2v) is 7.21. The molecular formula is C14H23NS. The second kappa shape index (κ2) is 4.15. The highest BCUT2D eigenvalue weighted by atomic mass is 32.1. The highest BCUT2D eigenvalue weighted by Crippen LogP contribution is 2.54. The average Bonchev–Trinajstić information content (AvgIpc) is 2.61. The first-order chi connectivity index (χ1) is 7.48. The fourth-order valence-corrected chi connectivity index (χ4v) is 3.80. The van der Waals surface area contributed by atoms with Crippen LogP contribution in [0.5, 0.6) is 0 Å². The molecule has 0 atom stereocenters. The van der Waals surface area contributed by atoms with Gasteiger partial charge in [0.25, 0.3) is 0 Å². The monoisotopic (exact) mass is 237 g/mol. The van der Waals surface area contributed by atoms with Crippen molar-refractivity contribution in [2.45, 2.75) is 39.0 Å². The molecule has 0 bridgehead atoms. The van der Waals surface area contributed by atoms with E-state index in [-0.39, 0.29) is 0 Å². The van der Waals surface area contributed by atoms with Crippen molar-refractivity contribution in [2.75, 3.05) is 13.6 Å². The van der Waals surface area contributed by atoms with Crippen LogP contribution >= 0.6 is 11.3 Å². The fourth-order valence-electron chi connectivity index (χ4n) is 2.85. The Morgan fingerprint density at radius 3 is 2.56 bits per heavy atom. The summed E-state index contributed by atoms with van der Waals surface area (Å²) >= 11 is 1.92. The first-order valence-electron chi connectivity index (χ1n) is 6.16. The third kappa shape index (κ3) is 2.05. The Balaban J connectivity index is 2.11. The number of likely N-dealkylation sites (N-methyl/N-ethyl adjacent to an activating group) is 1. The summed E-state index contributed by atoms with van der Waals surface area (Å²) in [5.41, 5.74) is 0.898. The first-order valence-corrected chi connectivity index (χ1v) is 7.04. The van der Waals surface area contributed by atoms with E-state index in [0.29, 0.717) is 10.8 Å². The number of nitrogens with one attached hydrogen (secondary N) is 1. The van der Waals surface area contributed by atoms with Crippen LogP contribution in [-0.2, 0) is 5.41 Å². The summed E-state index contributed by atoms with van der Waals surface area (Å²) < 4.78 is 0. The van der Waals surface area contributed by atoms with Gasteiger partial charge in [0.15, 0.2) is 0 Å². The average molecular weight is 237 g/mol. The SMILES string of the molecule is CNCC1(c2cccs2)CC(C(C)(C)C)C1. The van der Waals surface area contributed by atoms with Gasteiger partial charge in [-0.15, -0.1) is 11.3 Å². The third-order valence-corrected chi connectivity index (χ3v) is 5.17. The van der Waals surface area contributed by atoms with Gasteiger partial charge in [-0.3, -0.25) is 0 Å². The van der Waals surface area contributed by atoms with Crippen LogP contribution in [0.3, 0.4) is 0 Å². The lowest BCUT2D eigenvalue weighted by Crippen LogP contribution is -2.51. The lowest BCUT2D eigenvalue weighted by atomic mass is 9.54. The topological polar surface area (TPSA) is 12.0 Å². The summed E-state index contributed by atoms with van der Waals surface area (Å²) in [4.78, 5) is 1.57. The number of thiophene rings is 1. The molecule has 1 aliphatic rings. The van der Waals surface area contributed by atoms with Crippen LogP contribution in [0.1, 0.15) is 38.5 Å². The van der Waals surface area contributed by atoms with Crippen molar-refractivity contribution in [3.05, 3.63) is 22.4 Å². The maximum Gasteiger partial charge on any atom is 0.0177 e. The van der Waals surface area contributed by atoms with E-state index in [1.54, 1.807) is 4.88 Å². The minimum absolute atomic E-state index is 0.431. The maximum absolute atomic E-state index is 3.38. The molecule has 2 heteroatoms. The minimum Gasteiger partial charge on any atom is -0.319 e. The number of hydrogen-bond acceptors (Lipinski definition) is 2. The number of hydrogen-bond donors (Lipinski definition) is 1. The zero-order valence-corrected chi connectivity index (χ0v) is 11.7. The molecule has 1 aromatic heterocycles. The Kier molecular flexibility index (Phi) is 3.15. The Labute approximate surface area is 103 Å². The van der Waals surface area contributed by atoms with E-state index in [9.17, 15) is 0 Å². The Morgan fingerprint density at radius 2 is 2.12 bits per heavy atom. The van der Waals surface area contributed by atoms with E-state index in [1.807, 2.05) is 11.3 Å². The fraction of sp³-hybridized carbons (Fsp3) is 0.714. The van der Waals surface area contributed by atoms with Gasteiger partial charge in [-0.1, -0.05) is 26.8 Å². The van der Waals surface area contributed by atoms with Gasteiger partial charge in [0.05, 0.1) is 0 Å². The molecule has 1 fully saturated rings. The molecule has 0 spiro atoms. The molecule has 16 heavy (non-hydrogen) atoms. The van der Waals surface area contributed by atoms with Gasteiger partial charge in [0.1, 0.15) is 0 Å². The summed E-state index contributed by atoms with van der Waals surface area (Å²) in [5, 5.41) is 5.58. The van der Waals surface area contributed by atoms with Crippen LogP contribution in [0.4, 0.5) is 0 Å². The van der Waals surface area contributed by atoms with Crippen molar-refractivity contribution in [3.8, 4) is 0 Å². The van der Waals surface area contributed by atoms with E-state index in [0.717, 1.165) is 12.5 Å². The van der Waals surface area contributed by atoms with Gasteiger partial charge < -0.3 is 5.32 Å². The second-order valence-electron chi connectivity index (χ2n) is 6.26. The molecule has 1 saturated carbocycles. The normalized spacial score (nSPS) is 30.1. The van der Waals surface area contributed by atoms with Crippen molar-refractivity contribution >= 4 is 11.3 Å². The molecule has 1 aromatic rings. The molecule has 0 radical (unpaired) electrons. The number of rotatable bonds is 3. The van der Waals surface area contributed by atoms with E-state index in [1.165, 1.54) is 12.8 Å². The van der Waals surface area contributed by atoms with Gasteiger partial charge in [-0.2, -0.15) is 0 Å². The zero-order chi connectivity index (χ0) is 11.8. The Morgan fingerprint density at radius 1 is 1.44 bits per heavy atom. The van der Waals surface area contributed by atoms with Crippen LogP contribution < -0.4 is 5.32 Å². The van der Waals surface area contributed by atoms with Gasteiger partial charge >= 0.3 is 0 Å². The Bertz CT molecular complexity index is 328. The van der Waals surface area contributed by atoms with Crippen LogP contribution in [0, 0.1) is 11.3 Å². The predicted molar refractivity (Wildman–Crippen MR) is 72.1 cm³/mol. The van der Waals surface area contributed by atoms with Gasteiger partial charge in [0, 0.05) is 16.8 Å². The highest BCUT2D eigenvalue weighted by molar-refractivity contribution is 7.10. The predicted octanol–water partition coefficient (Wildman–Crippen LogP) is 3.66. The summed E-state index contributed by atoms with van der Waals surface area (Å²) in [6.07, 6.45) is 2.69. The molecule has 0 saturated heterocycles. The van der Waals surface area contributed by atoms with E-state index in [2.05, 4.69) is 50.6 Å². The van der Waals surface area contributed by atoms with E-state index >= 15 is 0 Å². The summed E-state index contributed by atoms with van der Waals surface area (Å²) in [6, 6.07) is 4.49. The summed E-state index contributed by atoms with van der Waals surface area (Å²) in [6.45, 7) is 8.24. The van der Waals surface area contributed by atoms with Crippen LogP contribution in [0.15, 0.2) is 17.5 Å². The van der Waals surface area contributed by atoms with E-state index in [4.69, 9.17) is 0 Å². The van der Waals surface area contributed by atoms with Gasteiger partial charge in [0.2, 0.25) is 0 Å².